The largest absolute Gasteiger partial charge is 0.396 e. The van der Waals surface area contributed by atoms with Crippen molar-refractivity contribution in [2.45, 2.75) is 39.2 Å². The number of hydrogen-bond donors (Lipinski definition) is 4. The first-order valence-corrected chi connectivity index (χ1v) is 9.39. The number of rotatable bonds is 6. The van der Waals surface area contributed by atoms with Gasteiger partial charge in [0.15, 0.2) is 0 Å². The van der Waals surface area contributed by atoms with Gasteiger partial charge in [-0.1, -0.05) is 6.07 Å². The van der Waals surface area contributed by atoms with Crippen molar-refractivity contribution in [1.29, 1.82) is 0 Å². The van der Waals surface area contributed by atoms with E-state index in [1.165, 1.54) is 16.0 Å². The van der Waals surface area contributed by atoms with Crippen LogP contribution in [0.1, 0.15) is 29.8 Å². The molecule has 0 bridgehead atoms. The van der Waals surface area contributed by atoms with Gasteiger partial charge in [-0.3, -0.25) is 4.79 Å². The molecule has 3 amide bonds. The van der Waals surface area contributed by atoms with Gasteiger partial charge in [-0.25, -0.2) is 9.78 Å². The lowest BCUT2D eigenvalue weighted by atomic mass is 10.1. The maximum Gasteiger partial charge on any atom is 0.318 e. The standard InChI is InChI=1S/C19H27N5O3/c1-12-5-6-14-17(13(12)2)23-16(22-14)4-3-8-21-19(27)24-10-9-20-18(26)15(24)7-11-25/h5-6,15,25H,3-4,7-11H2,1-2H3,(H,20,26)(H,21,27)(H,22,23)/t15-/m1/s1. The Kier molecular flexibility index (Phi) is 5.95. The molecule has 1 aromatic carbocycles. The van der Waals surface area contributed by atoms with Gasteiger partial charge in [0.05, 0.1) is 11.0 Å². The van der Waals surface area contributed by atoms with Gasteiger partial charge in [-0.2, -0.15) is 0 Å². The van der Waals surface area contributed by atoms with Crippen LogP contribution in [-0.4, -0.2) is 64.2 Å². The van der Waals surface area contributed by atoms with Crippen molar-refractivity contribution in [3.05, 3.63) is 29.1 Å². The van der Waals surface area contributed by atoms with E-state index < -0.39 is 6.04 Å². The Labute approximate surface area is 158 Å². The van der Waals surface area contributed by atoms with Crippen molar-refractivity contribution < 1.29 is 14.7 Å². The molecule has 1 saturated heterocycles. The number of imidazole rings is 1. The molecule has 1 fully saturated rings. The Morgan fingerprint density at radius 2 is 2.22 bits per heavy atom. The summed E-state index contributed by atoms with van der Waals surface area (Å²) >= 11 is 0. The quantitative estimate of drug-likeness (QED) is 0.566. The van der Waals surface area contributed by atoms with Gasteiger partial charge < -0.3 is 25.6 Å². The van der Waals surface area contributed by atoms with Gasteiger partial charge in [0.2, 0.25) is 5.91 Å². The monoisotopic (exact) mass is 373 g/mol. The number of aliphatic hydroxyl groups is 1. The first kappa shape index (κ1) is 19.2. The number of benzene rings is 1. The molecule has 1 aliphatic rings. The number of urea groups is 1. The summed E-state index contributed by atoms with van der Waals surface area (Å²) in [6.07, 6.45) is 1.72. The van der Waals surface area contributed by atoms with Crippen molar-refractivity contribution in [3.63, 3.8) is 0 Å². The van der Waals surface area contributed by atoms with E-state index in [9.17, 15) is 9.59 Å². The lowest BCUT2D eigenvalue weighted by Gasteiger charge is -2.34. The predicted octanol–water partition coefficient (Wildman–Crippen LogP) is 1.00. The van der Waals surface area contributed by atoms with Crippen LogP contribution < -0.4 is 10.6 Å². The molecule has 0 radical (unpaired) electrons. The van der Waals surface area contributed by atoms with E-state index in [-0.39, 0.29) is 25.0 Å². The molecule has 0 unspecified atom stereocenters. The Bertz CT molecular complexity index is 832. The highest BCUT2D eigenvalue weighted by molar-refractivity contribution is 5.88. The number of aryl methyl sites for hydroxylation is 3. The summed E-state index contributed by atoms with van der Waals surface area (Å²) in [5, 5.41) is 14.7. The zero-order valence-electron chi connectivity index (χ0n) is 15.8. The normalized spacial score (nSPS) is 17.2. The summed E-state index contributed by atoms with van der Waals surface area (Å²) in [6, 6.07) is 3.25. The zero-order valence-corrected chi connectivity index (χ0v) is 15.8. The first-order chi connectivity index (χ1) is 13.0. The van der Waals surface area contributed by atoms with Crippen molar-refractivity contribution in [2.75, 3.05) is 26.2 Å². The predicted molar refractivity (Wildman–Crippen MR) is 102 cm³/mol. The SMILES string of the molecule is Cc1ccc2[nH]c(CCCNC(=O)N3CCNC(=O)[C@H]3CCO)nc2c1C. The van der Waals surface area contributed by atoms with Gasteiger partial charge in [-0.15, -0.1) is 0 Å². The highest BCUT2D eigenvalue weighted by atomic mass is 16.3. The van der Waals surface area contributed by atoms with Crippen molar-refractivity contribution >= 4 is 23.0 Å². The minimum Gasteiger partial charge on any atom is -0.396 e. The number of carbonyl (C=O) groups excluding carboxylic acids is 2. The smallest absolute Gasteiger partial charge is 0.318 e. The number of hydrogen-bond acceptors (Lipinski definition) is 4. The number of amides is 3. The summed E-state index contributed by atoms with van der Waals surface area (Å²) in [5.41, 5.74) is 4.43. The highest BCUT2D eigenvalue weighted by Gasteiger charge is 2.32. The summed E-state index contributed by atoms with van der Waals surface area (Å²) in [6.45, 7) is 5.39. The van der Waals surface area contributed by atoms with Crippen LogP contribution in [0.15, 0.2) is 12.1 Å². The Balaban J connectivity index is 1.51. The maximum absolute atomic E-state index is 12.4. The number of fused-ring (bicyclic) bond motifs is 1. The van der Waals surface area contributed by atoms with Gasteiger partial charge >= 0.3 is 6.03 Å². The lowest BCUT2D eigenvalue weighted by molar-refractivity contribution is -0.128. The number of carbonyl (C=O) groups is 2. The Hall–Kier alpha value is -2.61. The van der Waals surface area contributed by atoms with Gasteiger partial charge in [0.1, 0.15) is 11.9 Å². The van der Waals surface area contributed by atoms with E-state index in [4.69, 9.17) is 5.11 Å². The van der Waals surface area contributed by atoms with Crippen LogP contribution in [-0.2, 0) is 11.2 Å². The van der Waals surface area contributed by atoms with Crippen LogP contribution in [0.4, 0.5) is 4.79 Å². The molecule has 2 aromatic rings. The van der Waals surface area contributed by atoms with E-state index in [1.54, 1.807) is 0 Å². The number of aromatic nitrogens is 2. The average molecular weight is 373 g/mol. The summed E-state index contributed by atoms with van der Waals surface area (Å²) in [4.78, 5) is 33.8. The van der Waals surface area contributed by atoms with Gasteiger partial charge in [-0.05, 0) is 43.9 Å². The van der Waals surface area contributed by atoms with Crippen LogP contribution >= 0.6 is 0 Å². The molecule has 27 heavy (non-hydrogen) atoms. The molecule has 1 aromatic heterocycles. The fourth-order valence-electron chi connectivity index (χ4n) is 3.40. The van der Waals surface area contributed by atoms with E-state index in [1.807, 2.05) is 6.07 Å². The third kappa shape index (κ3) is 4.21. The third-order valence-corrected chi connectivity index (χ3v) is 5.09. The average Bonchev–Trinajstić information content (AvgIpc) is 3.07. The fraction of sp³-hybridized carbons (Fsp3) is 0.526. The molecule has 8 heteroatoms. The molecule has 0 saturated carbocycles. The molecule has 1 atom stereocenters. The molecule has 146 valence electrons. The number of nitrogens with zero attached hydrogens (tertiary/aromatic N) is 2. The number of nitrogens with one attached hydrogen (secondary N) is 3. The van der Waals surface area contributed by atoms with E-state index in [0.717, 1.165) is 29.7 Å². The van der Waals surface area contributed by atoms with Crippen LogP contribution in [0, 0.1) is 13.8 Å². The lowest BCUT2D eigenvalue weighted by Crippen LogP contribution is -2.59. The van der Waals surface area contributed by atoms with Crippen molar-refractivity contribution in [3.8, 4) is 0 Å². The number of piperazine rings is 1. The van der Waals surface area contributed by atoms with Crippen LogP contribution in [0.2, 0.25) is 0 Å². The van der Waals surface area contributed by atoms with E-state index in [0.29, 0.717) is 19.6 Å². The molecular weight excluding hydrogens is 346 g/mol. The number of aliphatic hydroxyl groups excluding tert-OH is 1. The van der Waals surface area contributed by atoms with Crippen LogP contribution in [0.25, 0.3) is 11.0 Å². The molecule has 8 nitrogen and oxygen atoms in total. The van der Waals surface area contributed by atoms with Crippen molar-refractivity contribution in [1.82, 2.24) is 25.5 Å². The van der Waals surface area contributed by atoms with Crippen LogP contribution in [0.5, 0.6) is 0 Å². The van der Waals surface area contributed by atoms with Gasteiger partial charge in [0, 0.05) is 32.7 Å². The Morgan fingerprint density at radius 1 is 1.41 bits per heavy atom. The van der Waals surface area contributed by atoms with E-state index in [2.05, 4.69) is 40.5 Å². The Morgan fingerprint density at radius 3 is 3.00 bits per heavy atom. The summed E-state index contributed by atoms with van der Waals surface area (Å²) < 4.78 is 0. The molecule has 0 aliphatic carbocycles. The number of H-pyrrole nitrogens is 1. The second-order valence-corrected chi connectivity index (χ2v) is 6.94. The number of aromatic amines is 1. The topological polar surface area (TPSA) is 110 Å². The molecule has 1 aliphatic heterocycles. The summed E-state index contributed by atoms with van der Waals surface area (Å²) in [5.74, 6) is 0.696. The highest BCUT2D eigenvalue weighted by Crippen LogP contribution is 2.19. The molecule has 0 spiro atoms. The van der Waals surface area contributed by atoms with Crippen LogP contribution in [0.3, 0.4) is 0 Å². The van der Waals surface area contributed by atoms with E-state index >= 15 is 0 Å². The third-order valence-electron chi connectivity index (χ3n) is 5.09. The zero-order chi connectivity index (χ0) is 19.4. The fourth-order valence-corrected chi connectivity index (χ4v) is 3.40. The molecule has 3 rings (SSSR count). The second-order valence-electron chi connectivity index (χ2n) is 6.94. The minimum absolute atomic E-state index is 0.132. The molecule has 4 N–H and O–H groups in total. The van der Waals surface area contributed by atoms with Crippen molar-refractivity contribution in [2.24, 2.45) is 0 Å². The summed E-state index contributed by atoms with van der Waals surface area (Å²) in [7, 11) is 0. The van der Waals surface area contributed by atoms with Gasteiger partial charge in [0.25, 0.3) is 0 Å². The first-order valence-electron chi connectivity index (χ1n) is 9.39. The molecule has 2 heterocycles. The maximum atomic E-state index is 12.4. The molecular formula is C19H27N5O3. The minimum atomic E-state index is -0.606. The second kappa shape index (κ2) is 8.39.